The lowest BCUT2D eigenvalue weighted by Crippen LogP contribution is -2.26. The van der Waals surface area contributed by atoms with Crippen LogP contribution in [-0.2, 0) is 9.84 Å². The van der Waals surface area contributed by atoms with Gasteiger partial charge in [-0.25, -0.2) is 8.42 Å². The van der Waals surface area contributed by atoms with Crippen molar-refractivity contribution < 1.29 is 22.7 Å². The first-order valence-corrected chi connectivity index (χ1v) is 7.70. The maximum atomic E-state index is 12.4. The summed E-state index contributed by atoms with van der Waals surface area (Å²) in [5.41, 5.74) is 9.10. The first-order chi connectivity index (χ1) is 10.5. The van der Waals surface area contributed by atoms with Gasteiger partial charge in [0.2, 0.25) is 0 Å². The van der Waals surface area contributed by atoms with Gasteiger partial charge in [-0.2, -0.15) is 0 Å². The van der Waals surface area contributed by atoms with Crippen molar-refractivity contribution in [1.29, 1.82) is 0 Å². The summed E-state index contributed by atoms with van der Waals surface area (Å²) in [7, 11) is -2.73. The molecule has 7 heteroatoms. The van der Waals surface area contributed by atoms with Crippen molar-refractivity contribution in [3.05, 3.63) is 65.7 Å². The molecular weight excluding hydrogens is 304 g/mol. The Morgan fingerprint density at radius 1 is 1.05 bits per heavy atom. The van der Waals surface area contributed by atoms with Crippen LogP contribution < -0.4 is 4.74 Å². The van der Waals surface area contributed by atoms with Crippen molar-refractivity contribution in [3.63, 3.8) is 0 Å². The van der Waals surface area contributed by atoms with Gasteiger partial charge in [-0.15, -0.1) is 4.79 Å². The summed E-state index contributed by atoms with van der Waals surface area (Å²) in [6.07, 6.45) is 0. The molecule has 0 N–H and O–H groups in total. The Hall–Kier alpha value is -2.76. The lowest BCUT2D eigenvalue weighted by atomic mass is 10.1. The summed E-state index contributed by atoms with van der Waals surface area (Å²) in [5.74, 6) is -0.376. The molecule has 112 valence electrons. The van der Waals surface area contributed by atoms with E-state index >= 15 is 0 Å². The Morgan fingerprint density at radius 3 is 2.14 bits per heavy atom. The van der Waals surface area contributed by atoms with E-state index in [1.807, 2.05) is 0 Å². The van der Waals surface area contributed by atoms with E-state index in [-0.39, 0.29) is 10.5 Å². The number of benzene rings is 2. The van der Waals surface area contributed by atoms with Crippen molar-refractivity contribution in [2.24, 2.45) is 0 Å². The van der Waals surface area contributed by atoms with Crippen LogP contribution >= 0.6 is 0 Å². The van der Waals surface area contributed by atoms with Crippen molar-refractivity contribution in [2.45, 2.75) is 4.90 Å². The summed E-state index contributed by atoms with van der Waals surface area (Å²) in [4.78, 5) is 14.9. The zero-order valence-corrected chi connectivity index (χ0v) is 12.4. The highest BCUT2D eigenvalue weighted by Gasteiger charge is 2.37. The van der Waals surface area contributed by atoms with Crippen LogP contribution in [0.5, 0.6) is 5.75 Å². The maximum Gasteiger partial charge on any atom is 0.456 e. The highest BCUT2D eigenvalue weighted by molar-refractivity contribution is 8.08. The summed E-state index contributed by atoms with van der Waals surface area (Å²) in [6.45, 7) is 0. The van der Waals surface area contributed by atoms with E-state index in [1.54, 1.807) is 6.07 Å². The normalized spacial score (nSPS) is 10.6. The fourth-order valence-electron chi connectivity index (χ4n) is 1.80. The number of methoxy groups -OCH3 is 1. The molecule has 22 heavy (non-hydrogen) atoms. The highest BCUT2D eigenvalue weighted by atomic mass is 32.2. The number of ether oxygens (including phenoxy) is 1. The topological polar surface area (TPSA) is 96.8 Å². The maximum absolute atomic E-state index is 12.4. The minimum atomic E-state index is -4.19. The van der Waals surface area contributed by atoms with E-state index in [0.29, 0.717) is 5.75 Å². The predicted octanol–water partition coefficient (Wildman–Crippen LogP) is 1.98. The molecule has 2 rings (SSSR count). The third-order valence-corrected chi connectivity index (χ3v) is 4.61. The van der Waals surface area contributed by atoms with Gasteiger partial charge in [-0.3, -0.25) is 4.79 Å². The quantitative estimate of drug-likeness (QED) is 0.283. The molecule has 2 aromatic carbocycles. The summed E-state index contributed by atoms with van der Waals surface area (Å²) >= 11 is 0. The SMILES string of the molecule is COc1ccc(C(=O)C(=[N+]=[N-])S(=O)(=O)c2ccccc2)cc1. The molecule has 6 nitrogen and oxygen atoms in total. The lowest BCUT2D eigenvalue weighted by Gasteiger charge is -2.02. The smallest absolute Gasteiger partial charge is 0.456 e. The van der Waals surface area contributed by atoms with Gasteiger partial charge < -0.3 is 10.3 Å². The Bertz CT molecular complexity index is 837. The molecule has 0 saturated heterocycles. The minimum absolute atomic E-state index is 0.0770. The molecule has 0 amide bonds. The van der Waals surface area contributed by atoms with Crippen molar-refractivity contribution in [1.82, 2.24) is 0 Å². The van der Waals surface area contributed by atoms with Crippen molar-refractivity contribution in [3.8, 4) is 5.75 Å². The van der Waals surface area contributed by atoms with E-state index in [4.69, 9.17) is 10.3 Å². The van der Waals surface area contributed by atoms with Gasteiger partial charge in [0.25, 0.3) is 15.6 Å². The van der Waals surface area contributed by atoms with Crippen LogP contribution in [-0.4, -0.2) is 31.1 Å². The molecule has 0 fully saturated rings. The van der Waals surface area contributed by atoms with Crippen molar-refractivity contribution in [2.75, 3.05) is 7.11 Å². The summed E-state index contributed by atoms with van der Waals surface area (Å²) in [5, 5.41) is -0.927. The molecule has 0 unspecified atom stereocenters. The molecule has 0 aliphatic carbocycles. The Labute approximate surface area is 127 Å². The van der Waals surface area contributed by atoms with Crippen LogP contribution in [0.15, 0.2) is 59.5 Å². The third-order valence-electron chi connectivity index (χ3n) is 2.95. The fraction of sp³-hybridized carbons (Fsp3) is 0.0667. The fourth-order valence-corrected chi connectivity index (χ4v) is 3.01. The van der Waals surface area contributed by atoms with Crippen LogP contribution in [0.3, 0.4) is 0 Å². The van der Waals surface area contributed by atoms with Gasteiger partial charge in [0.05, 0.1) is 12.0 Å². The van der Waals surface area contributed by atoms with Gasteiger partial charge in [-0.1, -0.05) is 18.2 Å². The van der Waals surface area contributed by atoms with Crippen LogP contribution in [0.1, 0.15) is 10.4 Å². The standard InChI is InChI=1S/C15H12N2O4S/c1-21-12-9-7-11(8-10-12)14(18)15(17-16)22(19,20)13-5-3-2-4-6-13/h2-10H,1H3. The molecule has 0 bridgehead atoms. The molecule has 0 heterocycles. The van der Waals surface area contributed by atoms with Gasteiger partial charge >= 0.3 is 5.04 Å². The number of rotatable bonds is 4. The van der Waals surface area contributed by atoms with Gasteiger partial charge in [0.1, 0.15) is 5.75 Å². The molecule has 0 saturated carbocycles. The first kappa shape index (κ1) is 15.6. The average molecular weight is 316 g/mol. The molecule has 0 radical (unpaired) electrons. The van der Waals surface area contributed by atoms with E-state index < -0.39 is 20.7 Å². The number of carbonyl (C=O) groups is 1. The van der Waals surface area contributed by atoms with E-state index in [9.17, 15) is 13.2 Å². The second-order valence-electron chi connectivity index (χ2n) is 4.28. The van der Waals surface area contributed by atoms with Gasteiger partial charge in [0, 0.05) is 5.56 Å². The number of hydrogen-bond acceptors (Lipinski definition) is 4. The average Bonchev–Trinajstić information content (AvgIpc) is 2.56. The van der Waals surface area contributed by atoms with Crippen LogP contribution in [0, 0.1) is 0 Å². The summed E-state index contributed by atoms with van der Waals surface area (Å²) in [6, 6.07) is 13.1. The van der Waals surface area contributed by atoms with Crippen LogP contribution in [0.2, 0.25) is 0 Å². The molecular formula is C15H12N2O4S. The Kier molecular flexibility index (Phi) is 4.50. The number of ketones is 1. The predicted molar refractivity (Wildman–Crippen MR) is 79.6 cm³/mol. The number of sulfone groups is 1. The molecule has 0 atom stereocenters. The summed E-state index contributed by atoms with van der Waals surface area (Å²) < 4.78 is 29.7. The molecule has 0 spiro atoms. The second-order valence-corrected chi connectivity index (χ2v) is 6.14. The van der Waals surface area contributed by atoms with E-state index in [1.165, 1.54) is 55.6 Å². The molecule has 0 aliphatic heterocycles. The minimum Gasteiger partial charge on any atom is -0.497 e. The molecule has 0 aromatic heterocycles. The Balaban J connectivity index is 2.44. The third kappa shape index (κ3) is 2.95. The number of nitrogens with zero attached hydrogens (tertiary/aromatic N) is 2. The highest BCUT2D eigenvalue weighted by Crippen LogP contribution is 2.16. The van der Waals surface area contributed by atoms with Gasteiger partial charge in [-0.05, 0) is 36.4 Å². The van der Waals surface area contributed by atoms with E-state index in [0.717, 1.165) is 0 Å². The first-order valence-electron chi connectivity index (χ1n) is 6.21. The zero-order valence-electron chi connectivity index (χ0n) is 11.6. The number of hydrogen-bond donors (Lipinski definition) is 0. The lowest BCUT2D eigenvalue weighted by molar-refractivity contribution is -0.00158. The molecule has 0 aliphatic rings. The molecule has 2 aromatic rings. The number of Topliss-reactive ketones (excluding diaryl/α,β-unsaturated/α-hetero) is 1. The van der Waals surface area contributed by atoms with Gasteiger partial charge in [0.15, 0.2) is 0 Å². The largest absolute Gasteiger partial charge is 0.497 e. The monoisotopic (exact) mass is 316 g/mol. The Morgan fingerprint density at radius 2 is 1.64 bits per heavy atom. The second kappa shape index (κ2) is 6.34. The zero-order chi connectivity index (χ0) is 16.2. The van der Waals surface area contributed by atoms with Crippen LogP contribution in [0.25, 0.3) is 5.53 Å². The number of carbonyl (C=O) groups excluding carboxylic acids is 1. The van der Waals surface area contributed by atoms with Crippen molar-refractivity contribution >= 4 is 20.7 Å². The van der Waals surface area contributed by atoms with E-state index in [2.05, 4.69) is 4.79 Å². The van der Waals surface area contributed by atoms with Crippen LogP contribution in [0.4, 0.5) is 0 Å².